The van der Waals surface area contributed by atoms with E-state index in [0.717, 1.165) is 27.9 Å². The van der Waals surface area contributed by atoms with Crippen LogP contribution in [0.2, 0.25) is 0 Å². The van der Waals surface area contributed by atoms with E-state index in [9.17, 15) is 9.18 Å². The highest BCUT2D eigenvalue weighted by atomic mass is 32.1. The van der Waals surface area contributed by atoms with Gasteiger partial charge in [-0.15, -0.1) is 6.42 Å². The average Bonchev–Trinajstić information content (AvgIpc) is 3.52. The topological polar surface area (TPSA) is 55.1 Å². The highest BCUT2D eigenvalue weighted by molar-refractivity contribution is 7.80. The Labute approximate surface area is 271 Å². The monoisotopic (exact) mass is 618 g/mol. The van der Waals surface area contributed by atoms with E-state index in [2.05, 4.69) is 80.6 Å². The molecule has 0 aliphatic carbocycles. The maximum atomic E-state index is 13.1. The van der Waals surface area contributed by atoms with Crippen molar-refractivity contribution in [2.45, 2.75) is 44.9 Å². The molecule has 0 aliphatic heterocycles. The van der Waals surface area contributed by atoms with Gasteiger partial charge in [-0.05, 0) is 64.8 Å². The van der Waals surface area contributed by atoms with Crippen LogP contribution in [0.3, 0.4) is 0 Å². The van der Waals surface area contributed by atoms with Gasteiger partial charge >= 0.3 is 0 Å². The van der Waals surface area contributed by atoms with Gasteiger partial charge in [0.1, 0.15) is 5.83 Å². The number of nitrogens with one attached hydrogen (secondary N) is 1. The Balaban J connectivity index is 1.60. The number of carbonyl (C=O) groups excluding carboxylic acids is 1. The molecule has 1 N–H and O–H groups in total. The Hall–Kier alpha value is -4.60. The molecule has 0 aliphatic rings. The summed E-state index contributed by atoms with van der Waals surface area (Å²) < 4.78 is 19.0. The molecule has 230 valence electrons. The zero-order valence-electron chi connectivity index (χ0n) is 26.0. The van der Waals surface area contributed by atoms with Gasteiger partial charge in [-0.2, -0.15) is 12.6 Å². The van der Waals surface area contributed by atoms with E-state index in [1.807, 2.05) is 60.7 Å². The summed E-state index contributed by atoms with van der Waals surface area (Å²) in [5, 5.41) is 7.39. The number of halogens is 1. The molecule has 1 amide bonds. The van der Waals surface area contributed by atoms with Crippen LogP contribution in [0.1, 0.15) is 65.0 Å². The Kier molecular flexibility index (Phi) is 11.4. The zero-order chi connectivity index (χ0) is 32.4. The first-order chi connectivity index (χ1) is 21.6. The number of terminal acetylenes is 1. The van der Waals surface area contributed by atoms with Gasteiger partial charge in [-0.3, -0.25) is 4.79 Å². The van der Waals surface area contributed by atoms with Crippen molar-refractivity contribution >= 4 is 18.5 Å². The molecule has 0 bridgehead atoms. The standard InChI is InChI=1S/C39H39FN2O2S/c1-6-28(23-27(2)40)9-7-10-29-11-8-12-33(24-29)37-26-36(42-44-37)35(31-17-19-34(20-18-31)39(3,4)5)25-30-13-15-32(16-14-30)38(43)41-21-22-45/h1,7-9,11-20,23-24,26,35,45H,2,10,21-22,25H2,3-5H3,(H,41,43)/b9-7-,28-23-. The van der Waals surface area contributed by atoms with E-state index >= 15 is 0 Å². The van der Waals surface area contributed by atoms with Crippen molar-refractivity contribution in [1.29, 1.82) is 0 Å². The number of hydrogen-bond acceptors (Lipinski definition) is 4. The largest absolute Gasteiger partial charge is 0.356 e. The average molecular weight is 619 g/mol. The number of hydrogen-bond donors (Lipinski definition) is 2. The molecule has 1 unspecified atom stereocenters. The van der Waals surface area contributed by atoms with E-state index in [4.69, 9.17) is 10.9 Å². The summed E-state index contributed by atoms with van der Waals surface area (Å²) >= 11 is 4.16. The maximum Gasteiger partial charge on any atom is 0.251 e. The van der Waals surface area contributed by atoms with Crippen LogP contribution in [0.15, 0.2) is 120 Å². The van der Waals surface area contributed by atoms with Crippen molar-refractivity contribution in [1.82, 2.24) is 10.5 Å². The molecule has 45 heavy (non-hydrogen) atoms. The van der Waals surface area contributed by atoms with Crippen molar-refractivity contribution in [2.24, 2.45) is 0 Å². The van der Waals surface area contributed by atoms with E-state index in [0.29, 0.717) is 42.0 Å². The lowest BCUT2D eigenvalue weighted by Gasteiger charge is -2.21. The van der Waals surface area contributed by atoms with Crippen LogP contribution in [0.25, 0.3) is 11.3 Å². The number of carbonyl (C=O) groups is 1. The van der Waals surface area contributed by atoms with Gasteiger partial charge in [-0.25, -0.2) is 4.39 Å². The van der Waals surface area contributed by atoms with Crippen molar-refractivity contribution in [3.05, 3.63) is 149 Å². The second kappa shape index (κ2) is 15.4. The van der Waals surface area contributed by atoms with Crippen molar-refractivity contribution in [3.63, 3.8) is 0 Å². The third-order valence-electron chi connectivity index (χ3n) is 7.46. The number of amides is 1. The first-order valence-corrected chi connectivity index (χ1v) is 15.5. The number of benzene rings is 3. The molecule has 0 saturated carbocycles. The van der Waals surface area contributed by atoms with Crippen molar-refractivity contribution in [3.8, 4) is 23.7 Å². The molecule has 0 saturated heterocycles. The lowest BCUT2D eigenvalue weighted by molar-refractivity contribution is 0.0956. The fraction of sp³-hybridized carbons (Fsp3) is 0.231. The van der Waals surface area contributed by atoms with Crippen LogP contribution in [0.4, 0.5) is 4.39 Å². The highest BCUT2D eigenvalue weighted by Crippen LogP contribution is 2.33. The first kappa shape index (κ1) is 33.3. The summed E-state index contributed by atoms with van der Waals surface area (Å²) in [6.07, 6.45) is 11.6. The maximum absolute atomic E-state index is 13.1. The number of thiol groups is 1. The molecule has 4 nitrogen and oxygen atoms in total. The van der Waals surface area contributed by atoms with Gasteiger partial charge in [0.2, 0.25) is 0 Å². The fourth-order valence-electron chi connectivity index (χ4n) is 4.98. The lowest BCUT2D eigenvalue weighted by Crippen LogP contribution is -2.25. The molecule has 6 heteroatoms. The first-order valence-electron chi connectivity index (χ1n) is 14.9. The molecular formula is C39H39FN2O2S. The summed E-state index contributed by atoms with van der Waals surface area (Å²) in [6.45, 7) is 10.4. The Morgan fingerprint density at radius 2 is 1.82 bits per heavy atom. The molecular weight excluding hydrogens is 580 g/mol. The molecule has 4 aromatic rings. The third-order valence-corrected chi connectivity index (χ3v) is 7.68. The van der Waals surface area contributed by atoms with Gasteiger partial charge < -0.3 is 9.84 Å². The quantitative estimate of drug-likeness (QED) is 0.0948. The minimum absolute atomic E-state index is 0.0409. The molecule has 0 fully saturated rings. The van der Waals surface area contributed by atoms with Crippen LogP contribution >= 0.6 is 12.6 Å². The second-order valence-electron chi connectivity index (χ2n) is 11.9. The molecule has 3 aromatic carbocycles. The molecule has 0 radical (unpaired) electrons. The number of allylic oxidation sites excluding steroid dienone is 5. The third kappa shape index (κ3) is 9.44. The van der Waals surface area contributed by atoms with E-state index in [-0.39, 0.29) is 17.2 Å². The molecule has 0 spiro atoms. The highest BCUT2D eigenvalue weighted by Gasteiger charge is 2.22. The zero-order valence-corrected chi connectivity index (χ0v) is 26.9. The van der Waals surface area contributed by atoms with Crippen molar-refractivity contribution in [2.75, 3.05) is 12.3 Å². The van der Waals surface area contributed by atoms with E-state index in [1.165, 1.54) is 11.6 Å². The van der Waals surface area contributed by atoms with E-state index in [1.54, 1.807) is 6.08 Å². The number of rotatable bonds is 12. The summed E-state index contributed by atoms with van der Waals surface area (Å²) in [7, 11) is 0. The number of nitrogens with zero attached hydrogens (tertiary/aromatic N) is 1. The number of aromatic nitrogens is 1. The van der Waals surface area contributed by atoms with Crippen LogP contribution in [-0.4, -0.2) is 23.4 Å². The van der Waals surface area contributed by atoms with Crippen LogP contribution in [0.5, 0.6) is 0 Å². The van der Waals surface area contributed by atoms with E-state index < -0.39 is 5.83 Å². The van der Waals surface area contributed by atoms with Gasteiger partial charge in [-0.1, -0.05) is 105 Å². The Bertz CT molecular complexity index is 1720. The summed E-state index contributed by atoms with van der Waals surface area (Å²) in [5.41, 5.74) is 7.33. The van der Waals surface area contributed by atoms with Crippen LogP contribution in [0, 0.1) is 12.3 Å². The van der Waals surface area contributed by atoms with Gasteiger partial charge in [0.05, 0.1) is 5.69 Å². The minimum Gasteiger partial charge on any atom is -0.356 e. The summed E-state index contributed by atoms with van der Waals surface area (Å²) in [6, 6.07) is 26.4. The molecule has 1 heterocycles. The molecule has 1 atom stereocenters. The van der Waals surface area contributed by atoms with Crippen LogP contribution in [-0.2, 0) is 18.3 Å². The van der Waals surface area contributed by atoms with Gasteiger partial charge in [0.25, 0.3) is 5.91 Å². The normalized spacial score (nSPS) is 12.6. The Morgan fingerprint density at radius 3 is 2.47 bits per heavy atom. The minimum atomic E-state index is -0.580. The van der Waals surface area contributed by atoms with Crippen molar-refractivity contribution < 1.29 is 13.7 Å². The predicted molar refractivity (Wildman–Crippen MR) is 185 cm³/mol. The summed E-state index contributed by atoms with van der Waals surface area (Å²) in [4.78, 5) is 12.4. The molecule has 1 aromatic heterocycles. The predicted octanol–water partition coefficient (Wildman–Crippen LogP) is 8.81. The summed E-state index contributed by atoms with van der Waals surface area (Å²) in [5.74, 6) is 2.96. The lowest BCUT2D eigenvalue weighted by atomic mass is 9.83. The van der Waals surface area contributed by atoms with Crippen LogP contribution < -0.4 is 5.32 Å². The fourth-order valence-corrected chi connectivity index (χ4v) is 5.09. The van der Waals surface area contributed by atoms with Gasteiger partial charge in [0.15, 0.2) is 5.76 Å². The molecule has 4 rings (SSSR count). The second-order valence-corrected chi connectivity index (χ2v) is 12.4. The Morgan fingerprint density at radius 1 is 1.09 bits per heavy atom. The SMILES string of the molecule is C#CC(/C=C\Cc1cccc(-c2cc(C(Cc3ccc(C(=O)NCCS)cc3)c3ccc(C(C)(C)C)cc3)no2)c1)=C/C(=C)F. The van der Waals surface area contributed by atoms with Gasteiger partial charge in [0, 0.05) is 41.0 Å². The smallest absolute Gasteiger partial charge is 0.251 e.